The zero-order chi connectivity index (χ0) is 17.7. The third kappa shape index (κ3) is 4.93. The first-order chi connectivity index (χ1) is 11.4. The van der Waals surface area contributed by atoms with E-state index in [1.165, 1.54) is 0 Å². The molecule has 0 spiro atoms. The number of likely N-dealkylation sites (N-methyl/N-ethyl adjacent to an activating group) is 1. The maximum Gasteiger partial charge on any atom is 0.239 e. The van der Waals surface area contributed by atoms with Gasteiger partial charge in [-0.05, 0) is 19.1 Å². The van der Waals surface area contributed by atoms with E-state index in [1.807, 2.05) is 19.1 Å². The number of halogens is 1. The van der Waals surface area contributed by atoms with Crippen LogP contribution in [0.4, 0.5) is 5.69 Å². The highest BCUT2D eigenvalue weighted by molar-refractivity contribution is 6.33. The Hall–Kier alpha value is -1.63. The van der Waals surface area contributed by atoms with Crippen molar-refractivity contribution in [3.63, 3.8) is 0 Å². The SMILES string of the molecule is C[C@@H](C(=O)N(C)C)N1CCN(CC(=O)Nc2ccccc2Cl)CC1. The van der Waals surface area contributed by atoms with Crippen LogP contribution in [0.5, 0.6) is 0 Å². The maximum absolute atomic E-state index is 12.2. The van der Waals surface area contributed by atoms with E-state index in [0.717, 1.165) is 26.2 Å². The summed E-state index contributed by atoms with van der Waals surface area (Å²) in [7, 11) is 3.54. The number of amides is 2. The lowest BCUT2D eigenvalue weighted by atomic mass is 10.2. The first-order valence-corrected chi connectivity index (χ1v) is 8.48. The highest BCUT2D eigenvalue weighted by Crippen LogP contribution is 2.20. The number of carbonyl (C=O) groups is 2. The Labute approximate surface area is 148 Å². The number of anilines is 1. The van der Waals surface area contributed by atoms with Crippen molar-refractivity contribution in [1.82, 2.24) is 14.7 Å². The minimum absolute atomic E-state index is 0.0750. The van der Waals surface area contributed by atoms with Gasteiger partial charge in [0.2, 0.25) is 11.8 Å². The average Bonchev–Trinajstić information content (AvgIpc) is 2.56. The lowest BCUT2D eigenvalue weighted by molar-refractivity contribution is -0.134. The fourth-order valence-corrected chi connectivity index (χ4v) is 2.98. The highest BCUT2D eigenvalue weighted by atomic mass is 35.5. The zero-order valence-electron chi connectivity index (χ0n) is 14.5. The molecule has 0 bridgehead atoms. The molecule has 0 saturated carbocycles. The standard InChI is InChI=1S/C17H25ClN4O2/c1-13(17(24)20(2)3)22-10-8-21(9-11-22)12-16(23)19-15-7-5-4-6-14(15)18/h4-7,13H,8-12H2,1-3H3,(H,19,23)/t13-/m0/s1. The van der Waals surface area contributed by atoms with E-state index in [9.17, 15) is 9.59 Å². The van der Waals surface area contributed by atoms with E-state index in [4.69, 9.17) is 11.6 Å². The van der Waals surface area contributed by atoms with Crippen molar-refractivity contribution >= 4 is 29.1 Å². The number of nitrogens with zero attached hydrogens (tertiary/aromatic N) is 3. The van der Waals surface area contributed by atoms with Crippen molar-refractivity contribution in [3.8, 4) is 0 Å². The molecule has 1 aliphatic heterocycles. The summed E-state index contributed by atoms with van der Waals surface area (Å²) in [5, 5.41) is 3.37. The lowest BCUT2D eigenvalue weighted by Gasteiger charge is -2.37. The van der Waals surface area contributed by atoms with Gasteiger partial charge < -0.3 is 10.2 Å². The van der Waals surface area contributed by atoms with E-state index < -0.39 is 0 Å². The van der Waals surface area contributed by atoms with Crippen LogP contribution in [0, 0.1) is 0 Å². The number of piperazine rings is 1. The molecule has 2 rings (SSSR count). The fraction of sp³-hybridized carbons (Fsp3) is 0.529. The minimum atomic E-state index is -0.126. The monoisotopic (exact) mass is 352 g/mol. The van der Waals surface area contributed by atoms with Gasteiger partial charge in [0.25, 0.3) is 0 Å². The second-order valence-corrected chi connectivity index (χ2v) is 6.66. The molecule has 2 amide bonds. The van der Waals surface area contributed by atoms with Crippen LogP contribution in [0.3, 0.4) is 0 Å². The van der Waals surface area contributed by atoms with Gasteiger partial charge in [0.05, 0.1) is 23.3 Å². The molecule has 6 nitrogen and oxygen atoms in total. The Morgan fingerprint density at radius 2 is 1.83 bits per heavy atom. The van der Waals surface area contributed by atoms with Crippen LogP contribution in [0.25, 0.3) is 0 Å². The van der Waals surface area contributed by atoms with Gasteiger partial charge in [-0.1, -0.05) is 23.7 Å². The Bertz CT molecular complexity index is 586. The van der Waals surface area contributed by atoms with Crippen LogP contribution in [0.15, 0.2) is 24.3 Å². The second kappa shape index (κ2) is 8.46. The molecule has 0 aliphatic carbocycles. The van der Waals surface area contributed by atoms with Gasteiger partial charge in [0.1, 0.15) is 0 Å². The minimum Gasteiger partial charge on any atom is -0.347 e. The van der Waals surface area contributed by atoms with Gasteiger partial charge in [-0.3, -0.25) is 19.4 Å². The van der Waals surface area contributed by atoms with Crippen LogP contribution in [0.2, 0.25) is 5.02 Å². The molecule has 1 aliphatic rings. The van der Waals surface area contributed by atoms with E-state index in [2.05, 4.69) is 15.1 Å². The molecule has 24 heavy (non-hydrogen) atoms. The Morgan fingerprint density at radius 3 is 2.42 bits per heavy atom. The summed E-state index contributed by atoms with van der Waals surface area (Å²) in [6, 6.07) is 7.07. The van der Waals surface area contributed by atoms with Crippen LogP contribution in [0.1, 0.15) is 6.92 Å². The van der Waals surface area contributed by atoms with Gasteiger partial charge in [-0.2, -0.15) is 0 Å². The molecule has 0 radical (unpaired) electrons. The average molecular weight is 353 g/mol. The van der Waals surface area contributed by atoms with Crippen molar-refractivity contribution in [2.75, 3.05) is 52.1 Å². The quantitative estimate of drug-likeness (QED) is 0.869. The van der Waals surface area contributed by atoms with Crippen molar-refractivity contribution in [2.45, 2.75) is 13.0 Å². The second-order valence-electron chi connectivity index (χ2n) is 6.25. The molecule has 132 valence electrons. The van der Waals surface area contributed by atoms with Crippen LogP contribution in [-0.2, 0) is 9.59 Å². The van der Waals surface area contributed by atoms with Crippen molar-refractivity contribution in [3.05, 3.63) is 29.3 Å². The Kier molecular flexibility index (Phi) is 6.60. The Balaban J connectivity index is 1.79. The topological polar surface area (TPSA) is 55.9 Å². The number of hydrogen-bond donors (Lipinski definition) is 1. The molecule has 1 aromatic rings. The lowest BCUT2D eigenvalue weighted by Crippen LogP contribution is -2.54. The zero-order valence-corrected chi connectivity index (χ0v) is 15.2. The summed E-state index contributed by atoms with van der Waals surface area (Å²) in [5.74, 6) is 0.0360. The van der Waals surface area contributed by atoms with Crippen LogP contribution >= 0.6 is 11.6 Å². The largest absolute Gasteiger partial charge is 0.347 e. The molecule has 1 heterocycles. The van der Waals surface area contributed by atoms with Gasteiger partial charge >= 0.3 is 0 Å². The summed E-state index contributed by atoms with van der Waals surface area (Å²) in [4.78, 5) is 30.1. The summed E-state index contributed by atoms with van der Waals surface area (Å²) < 4.78 is 0. The Morgan fingerprint density at radius 1 is 1.21 bits per heavy atom. The van der Waals surface area contributed by atoms with Crippen LogP contribution in [-0.4, -0.2) is 79.4 Å². The summed E-state index contributed by atoms with van der Waals surface area (Å²) in [6.45, 7) is 5.35. The third-order valence-electron chi connectivity index (χ3n) is 4.27. The smallest absolute Gasteiger partial charge is 0.239 e. The van der Waals surface area contributed by atoms with E-state index >= 15 is 0 Å². The molecule has 1 saturated heterocycles. The number of para-hydroxylation sites is 1. The molecule has 1 fully saturated rings. The number of carbonyl (C=O) groups excluding carboxylic acids is 2. The first kappa shape index (κ1) is 18.7. The number of benzene rings is 1. The molecular weight excluding hydrogens is 328 g/mol. The predicted octanol–water partition coefficient (Wildman–Crippen LogP) is 1.37. The van der Waals surface area contributed by atoms with Gasteiger partial charge in [0.15, 0.2) is 0 Å². The van der Waals surface area contributed by atoms with Crippen molar-refractivity contribution in [1.29, 1.82) is 0 Å². The number of rotatable bonds is 5. The molecule has 1 N–H and O–H groups in total. The van der Waals surface area contributed by atoms with Gasteiger partial charge in [-0.15, -0.1) is 0 Å². The fourth-order valence-electron chi connectivity index (χ4n) is 2.79. The van der Waals surface area contributed by atoms with Gasteiger partial charge in [0, 0.05) is 40.3 Å². The number of nitrogens with one attached hydrogen (secondary N) is 1. The highest BCUT2D eigenvalue weighted by Gasteiger charge is 2.27. The molecule has 0 aromatic heterocycles. The molecule has 1 atom stereocenters. The summed E-state index contributed by atoms with van der Waals surface area (Å²) in [5.41, 5.74) is 0.632. The molecule has 1 aromatic carbocycles. The summed E-state index contributed by atoms with van der Waals surface area (Å²) in [6.07, 6.45) is 0. The van der Waals surface area contributed by atoms with Gasteiger partial charge in [-0.25, -0.2) is 0 Å². The normalized spacial score (nSPS) is 17.3. The number of hydrogen-bond acceptors (Lipinski definition) is 4. The maximum atomic E-state index is 12.2. The van der Waals surface area contributed by atoms with E-state index in [-0.39, 0.29) is 17.9 Å². The molecule has 0 unspecified atom stereocenters. The predicted molar refractivity (Wildman–Crippen MR) is 96.3 cm³/mol. The van der Waals surface area contributed by atoms with E-state index in [0.29, 0.717) is 17.3 Å². The van der Waals surface area contributed by atoms with Crippen LogP contribution < -0.4 is 5.32 Å². The summed E-state index contributed by atoms with van der Waals surface area (Å²) >= 11 is 6.05. The van der Waals surface area contributed by atoms with E-state index in [1.54, 1.807) is 31.1 Å². The molecule has 7 heteroatoms. The van der Waals surface area contributed by atoms with Crippen molar-refractivity contribution in [2.24, 2.45) is 0 Å². The third-order valence-corrected chi connectivity index (χ3v) is 4.60. The van der Waals surface area contributed by atoms with Crippen molar-refractivity contribution < 1.29 is 9.59 Å². The molecular formula is C17H25ClN4O2. The first-order valence-electron chi connectivity index (χ1n) is 8.10.